The van der Waals surface area contributed by atoms with Gasteiger partial charge in [-0.05, 0) is 53.3 Å². The van der Waals surface area contributed by atoms with Crippen molar-refractivity contribution in [2.45, 2.75) is 32.7 Å². The van der Waals surface area contributed by atoms with Gasteiger partial charge in [-0.15, -0.1) is 0 Å². The molecular weight excluding hydrogens is 416 g/mol. The number of ketones is 1. The minimum absolute atomic E-state index is 0.116. The van der Waals surface area contributed by atoms with Gasteiger partial charge in [-0.3, -0.25) is 9.78 Å². The zero-order chi connectivity index (χ0) is 23.3. The van der Waals surface area contributed by atoms with E-state index in [0.29, 0.717) is 23.7 Å². The maximum atomic E-state index is 13.6. The number of Topliss-reactive ketones (excluding diaryl/α,β-unsaturated/α-hetero) is 1. The Morgan fingerprint density at radius 1 is 1.00 bits per heavy atom. The molecule has 0 saturated heterocycles. The van der Waals surface area contributed by atoms with Crippen molar-refractivity contribution in [2.24, 2.45) is 5.41 Å². The van der Waals surface area contributed by atoms with E-state index >= 15 is 0 Å². The highest BCUT2D eigenvalue weighted by Gasteiger charge is 2.41. The van der Waals surface area contributed by atoms with Gasteiger partial charge in [0.2, 0.25) is 5.75 Å². The number of fused-ring (bicyclic) bond motifs is 4. The molecule has 0 fully saturated rings. The molecule has 2 aromatic carbocycles. The van der Waals surface area contributed by atoms with Crippen molar-refractivity contribution < 1.29 is 19.0 Å². The van der Waals surface area contributed by atoms with Crippen molar-refractivity contribution in [1.82, 2.24) is 4.98 Å². The SMILES string of the molecule is COc1cc([C@H]2Nc3ccc4ncccc4c3C3=C2C(=O)CC(C)(C)C3)cc(OC)c1OC. The van der Waals surface area contributed by atoms with Crippen molar-refractivity contribution >= 4 is 27.9 Å². The fourth-order valence-electron chi connectivity index (χ4n) is 5.24. The topological polar surface area (TPSA) is 69.7 Å². The van der Waals surface area contributed by atoms with Gasteiger partial charge in [-0.1, -0.05) is 19.9 Å². The number of allylic oxidation sites excluding steroid dienone is 1. The Bertz CT molecular complexity index is 1280. The summed E-state index contributed by atoms with van der Waals surface area (Å²) in [5, 5.41) is 4.70. The molecule has 1 aliphatic carbocycles. The van der Waals surface area contributed by atoms with Gasteiger partial charge in [-0.25, -0.2) is 0 Å². The molecular formula is C27H28N2O4. The maximum absolute atomic E-state index is 13.6. The van der Waals surface area contributed by atoms with E-state index < -0.39 is 0 Å². The highest BCUT2D eigenvalue weighted by molar-refractivity contribution is 6.12. The Hall–Kier alpha value is -3.54. The average Bonchev–Trinajstić information content (AvgIpc) is 2.81. The number of aromatic nitrogens is 1. The zero-order valence-electron chi connectivity index (χ0n) is 19.6. The fourth-order valence-corrected chi connectivity index (χ4v) is 5.24. The molecule has 1 aliphatic heterocycles. The van der Waals surface area contributed by atoms with Crippen LogP contribution in [0.4, 0.5) is 5.69 Å². The molecule has 0 saturated carbocycles. The minimum atomic E-state index is -0.320. The van der Waals surface area contributed by atoms with E-state index in [9.17, 15) is 4.79 Å². The molecule has 0 spiro atoms. The number of carbonyl (C=O) groups excluding carboxylic acids is 1. The minimum Gasteiger partial charge on any atom is -0.493 e. The van der Waals surface area contributed by atoms with Crippen LogP contribution in [0.3, 0.4) is 0 Å². The van der Waals surface area contributed by atoms with Crippen molar-refractivity contribution in [1.29, 1.82) is 0 Å². The Morgan fingerprint density at radius 3 is 2.39 bits per heavy atom. The van der Waals surface area contributed by atoms with Crippen LogP contribution in [0.25, 0.3) is 16.5 Å². The molecule has 0 amide bonds. The number of hydrogen-bond donors (Lipinski definition) is 1. The van der Waals surface area contributed by atoms with E-state index in [4.69, 9.17) is 14.2 Å². The monoisotopic (exact) mass is 444 g/mol. The number of nitrogens with zero attached hydrogens (tertiary/aromatic N) is 1. The van der Waals surface area contributed by atoms with Gasteiger partial charge in [0.15, 0.2) is 17.3 Å². The van der Waals surface area contributed by atoms with Crippen molar-refractivity contribution in [3.63, 3.8) is 0 Å². The summed E-state index contributed by atoms with van der Waals surface area (Å²) < 4.78 is 16.7. The van der Waals surface area contributed by atoms with Crippen LogP contribution in [-0.4, -0.2) is 32.1 Å². The van der Waals surface area contributed by atoms with Crippen molar-refractivity contribution in [2.75, 3.05) is 26.6 Å². The summed E-state index contributed by atoms with van der Waals surface area (Å²) in [5.74, 6) is 1.82. The van der Waals surface area contributed by atoms with Crippen LogP contribution in [0.5, 0.6) is 17.2 Å². The highest BCUT2D eigenvalue weighted by atomic mass is 16.5. The molecule has 3 aromatic rings. The first-order valence-electron chi connectivity index (χ1n) is 11.1. The lowest BCUT2D eigenvalue weighted by molar-refractivity contribution is -0.118. The van der Waals surface area contributed by atoms with Crippen molar-refractivity contribution in [3.8, 4) is 17.2 Å². The molecule has 170 valence electrons. The van der Waals surface area contributed by atoms with E-state index in [1.165, 1.54) is 0 Å². The van der Waals surface area contributed by atoms with Gasteiger partial charge in [-0.2, -0.15) is 0 Å². The number of carbonyl (C=O) groups is 1. The number of rotatable bonds is 4. The van der Waals surface area contributed by atoms with E-state index in [0.717, 1.165) is 45.3 Å². The van der Waals surface area contributed by atoms with Crippen LogP contribution in [0, 0.1) is 5.41 Å². The lowest BCUT2D eigenvalue weighted by Gasteiger charge is -2.40. The molecule has 1 aromatic heterocycles. The number of methoxy groups -OCH3 is 3. The molecule has 2 heterocycles. The Kier molecular flexibility index (Phi) is 5.04. The van der Waals surface area contributed by atoms with Gasteiger partial charge in [0.05, 0.1) is 32.9 Å². The lowest BCUT2D eigenvalue weighted by atomic mass is 9.68. The second-order valence-electron chi connectivity index (χ2n) is 9.43. The van der Waals surface area contributed by atoms with Crippen LogP contribution in [0.1, 0.15) is 43.9 Å². The summed E-state index contributed by atoms with van der Waals surface area (Å²) in [5.41, 5.74) is 5.69. The van der Waals surface area contributed by atoms with E-state index in [1.807, 2.05) is 24.3 Å². The Balaban J connectivity index is 1.78. The summed E-state index contributed by atoms with van der Waals surface area (Å²) in [7, 11) is 4.78. The van der Waals surface area contributed by atoms with Gasteiger partial charge in [0.1, 0.15) is 0 Å². The van der Waals surface area contributed by atoms with Gasteiger partial charge in [0, 0.05) is 34.8 Å². The molecule has 1 atom stereocenters. The van der Waals surface area contributed by atoms with Gasteiger partial charge in [0.25, 0.3) is 0 Å². The summed E-state index contributed by atoms with van der Waals surface area (Å²) in [6.07, 6.45) is 3.12. The molecule has 5 rings (SSSR count). The molecule has 0 unspecified atom stereocenters. The zero-order valence-corrected chi connectivity index (χ0v) is 19.6. The summed E-state index contributed by atoms with van der Waals surface area (Å²) in [6, 6.07) is 11.6. The largest absolute Gasteiger partial charge is 0.493 e. The van der Waals surface area contributed by atoms with Crippen molar-refractivity contribution in [3.05, 3.63) is 59.3 Å². The first-order chi connectivity index (χ1) is 15.9. The number of benzene rings is 2. The third-order valence-electron chi connectivity index (χ3n) is 6.62. The fraction of sp³-hybridized carbons (Fsp3) is 0.333. The third-order valence-corrected chi connectivity index (χ3v) is 6.62. The van der Waals surface area contributed by atoms with Crippen LogP contribution in [-0.2, 0) is 4.79 Å². The van der Waals surface area contributed by atoms with E-state index in [-0.39, 0.29) is 17.2 Å². The second kappa shape index (κ2) is 7.80. The summed E-state index contributed by atoms with van der Waals surface area (Å²) in [6.45, 7) is 4.32. The van der Waals surface area contributed by atoms with Gasteiger partial charge >= 0.3 is 0 Å². The van der Waals surface area contributed by atoms with E-state index in [1.54, 1.807) is 27.5 Å². The number of hydrogen-bond acceptors (Lipinski definition) is 6. The molecule has 6 heteroatoms. The molecule has 0 bridgehead atoms. The number of ether oxygens (including phenoxy) is 3. The smallest absolute Gasteiger partial charge is 0.203 e. The predicted molar refractivity (Wildman–Crippen MR) is 129 cm³/mol. The standard InChI is InChI=1S/C27H28N2O4/c1-27(2)13-17-23-16-7-6-10-28-18(16)8-9-19(23)29-25(24(17)20(30)14-27)15-11-21(31-3)26(33-5)22(12-15)32-4/h6-12,25,29H,13-14H2,1-5H3/t25-/m1/s1. The number of anilines is 1. The van der Waals surface area contributed by atoms with Crippen LogP contribution < -0.4 is 19.5 Å². The lowest BCUT2D eigenvalue weighted by Crippen LogP contribution is -2.33. The third kappa shape index (κ3) is 3.41. The molecule has 33 heavy (non-hydrogen) atoms. The number of pyridine rings is 1. The molecule has 1 N–H and O–H groups in total. The first kappa shape index (κ1) is 21.3. The Morgan fingerprint density at radius 2 is 1.73 bits per heavy atom. The van der Waals surface area contributed by atoms with Crippen LogP contribution >= 0.6 is 0 Å². The summed E-state index contributed by atoms with van der Waals surface area (Å²) in [4.78, 5) is 18.1. The summed E-state index contributed by atoms with van der Waals surface area (Å²) >= 11 is 0. The molecule has 6 nitrogen and oxygen atoms in total. The Labute approximate surface area is 193 Å². The molecule has 0 radical (unpaired) electrons. The second-order valence-corrected chi connectivity index (χ2v) is 9.43. The predicted octanol–water partition coefficient (Wildman–Crippen LogP) is 5.57. The average molecular weight is 445 g/mol. The number of nitrogens with one attached hydrogen (secondary N) is 1. The first-order valence-corrected chi connectivity index (χ1v) is 11.1. The normalized spacial score (nSPS) is 18.9. The molecule has 2 aliphatic rings. The van der Waals surface area contributed by atoms with Gasteiger partial charge < -0.3 is 19.5 Å². The maximum Gasteiger partial charge on any atom is 0.203 e. The van der Waals surface area contributed by atoms with Crippen LogP contribution in [0.15, 0.2) is 48.2 Å². The van der Waals surface area contributed by atoms with E-state index in [2.05, 4.69) is 36.3 Å². The highest BCUT2D eigenvalue weighted by Crippen LogP contribution is 2.53. The van der Waals surface area contributed by atoms with Crippen LogP contribution in [0.2, 0.25) is 0 Å². The quantitative estimate of drug-likeness (QED) is 0.567.